The summed E-state index contributed by atoms with van der Waals surface area (Å²) in [4.78, 5) is 16.7. The number of aliphatic imine (C=N–C) groups is 1. The van der Waals surface area contributed by atoms with Crippen molar-refractivity contribution in [3.8, 4) is 17.2 Å². The van der Waals surface area contributed by atoms with Gasteiger partial charge in [0.25, 0.3) is 0 Å². The summed E-state index contributed by atoms with van der Waals surface area (Å²) in [6.07, 6.45) is 1.71. The van der Waals surface area contributed by atoms with Gasteiger partial charge in [0.1, 0.15) is 0 Å². The van der Waals surface area contributed by atoms with Crippen molar-refractivity contribution >= 4 is 17.9 Å². The molecule has 0 spiro atoms. The molecule has 3 rings (SSSR count). The van der Waals surface area contributed by atoms with E-state index in [1.54, 1.807) is 18.2 Å². The molecule has 2 aromatic rings. The predicted octanol–water partition coefficient (Wildman–Crippen LogP) is 4.35. The molecule has 0 fully saturated rings. The lowest BCUT2D eigenvalue weighted by molar-refractivity contribution is -0.129. The van der Waals surface area contributed by atoms with Crippen LogP contribution in [-0.4, -0.2) is 33.2 Å². The fourth-order valence-electron chi connectivity index (χ4n) is 2.97. The molecule has 0 aliphatic carbocycles. The molecule has 0 radical (unpaired) electrons. The quantitative estimate of drug-likeness (QED) is 0.556. The highest BCUT2D eigenvalue weighted by Gasteiger charge is 2.26. The zero-order valence-corrected chi connectivity index (χ0v) is 17.5. The highest BCUT2D eigenvalue weighted by molar-refractivity contribution is 6.13. The zero-order valence-electron chi connectivity index (χ0n) is 17.5. The number of methoxy groups -OCH3 is 3. The molecule has 0 N–H and O–H groups in total. The Morgan fingerprint density at radius 3 is 2.00 bits per heavy atom. The van der Waals surface area contributed by atoms with E-state index in [4.69, 9.17) is 18.9 Å². The van der Waals surface area contributed by atoms with E-state index in [1.807, 2.05) is 12.1 Å². The van der Waals surface area contributed by atoms with Crippen molar-refractivity contribution in [1.82, 2.24) is 0 Å². The summed E-state index contributed by atoms with van der Waals surface area (Å²) in [5.41, 5.74) is 2.95. The van der Waals surface area contributed by atoms with Gasteiger partial charge in [-0.2, -0.15) is 0 Å². The molecule has 6 nitrogen and oxygen atoms in total. The number of carbonyl (C=O) groups excluding carboxylic acids is 1. The molecular formula is C23H25NO5. The fourth-order valence-corrected chi connectivity index (χ4v) is 2.97. The van der Waals surface area contributed by atoms with Crippen LogP contribution in [0.3, 0.4) is 0 Å². The number of hydrogen-bond acceptors (Lipinski definition) is 6. The molecule has 0 amide bonds. The summed E-state index contributed by atoms with van der Waals surface area (Å²) in [6, 6.07) is 11.4. The molecule has 0 atom stereocenters. The minimum Gasteiger partial charge on any atom is -0.493 e. The summed E-state index contributed by atoms with van der Waals surface area (Å²) in [5, 5.41) is 0. The van der Waals surface area contributed by atoms with Gasteiger partial charge in [-0.05, 0) is 34.8 Å². The molecular weight excluding hydrogens is 370 g/mol. The molecule has 0 unspecified atom stereocenters. The van der Waals surface area contributed by atoms with Crippen LogP contribution < -0.4 is 14.2 Å². The molecule has 152 valence electrons. The first-order valence-corrected chi connectivity index (χ1v) is 9.20. The smallest absolute Gasteiger partial charge is 0.363 e. The number of cyclic esters (lactones) is 1. The molecule has 0 bridgehead atoms. The summed E-state index contributed by atoms with van der Waals surface area (Å²) < 4.78 is 21.4. The van der Waals surface area contributed by atoms with Crippen LogP contribution in [0.4, 0.5) is 0 Å². The lowest BCUT2D eigenvalue weighted by Gasteiger charge is -2.18. The van der Waals surface area contributed by atoms with Gasteiger partial charge in [0.05, 0.1) is 21.3 Å². The second-order valence-electron chi connectivity index (χ2n) is 7.62. The summed E-state index contributed by atoms with van der Waals surface area (Å²) >= 11 is 0. The van der Waals surface area contributed by atoms with E-state index < -0.39 is 5.97 Å². The van der Waals surface area contributed by atoms with E-state index in [-0.39, 0.29) is 17.0 Å². The monoisotopic (exact) mass is 395 g/mol. The van der Waals surface area contributed by atoms with Crippen molar-refractivity contribution in [3.05, 3.63) is 58.8 Å². The molecule has 2 aromatic carbocycles. The van der Waals surface area contributed by atoms with Crippen LogP contribution in [0, 0.1) is 0 Å². The topological polar surface area (TPSA) is 66.4 Å². The highest BCUT2D eigenvalue weighted by atomic mass is 16.6. The van der Waals surface area contributed by atoms with Crippen molar-refractivity contribution in [3.63, 3.8) is 0 Å². The predicted molar refractivity (Wildman–Crippen MR) is 112 cm³/mol. The van der Waals surface area contributed by atoms with Gasteiger partial charge < -0.3 is 18.9 Å². The van der Waals surface area contributed by atoms with E-state index in [0.29, 0.717) is 22.8 Å². The molecule has 6 heteroatoms. The molecule has 1 aliphatic heterocycles. The summed E-state index contributed by atoms with van der Waals surface area (Å²) in [5.74, 6) is 1.05. The van der Waals surface area contributed by atoms with Crippen LogP contribution in [-0.2, 0) is 14.9 Å². The molecule has 0 aromatic heterocycles. The van der Waals surface area contributed by atoms with E-state index >= 15 is 0 Å². The third-order valence-corrected chi connectivity index (χ3v) is 4.61. The Bertz CT molecular complexity index is 956. The Kier molecular flexibility index (Phi) is 5.64. The van der Waals surface area contributed by atoms with Gasteiger partial charge in [0, 0.05) is 5.56 Å². The maximum Gasteiger partial charge on any atom is 0.363 e. The first kappa shape index (κ1) is 20.5. The summed E-state index contributed by atoms with van der Waals surface area (Å²) in [6.45, 7) is 6.47. The lowest BCUT2D eigenvalue weighted by atomic mass is 9.87. The Hall–Kier alpha value is -3.28. The molecule has 29 heavy (non-hydrogen) atoms. The second-order valence-corrected chi connectivity index (χ2v) is 7.62. The molecule has 1 heterocycles. The number of rotatable bonds is 5. The van der Waals surface area contributed by atoms with Gasteiger partial charge in [-0.3, -0.25) is 0 Å². The van der Waals surface area contributed by atoms with E-state index in [0.717, 1.165) is 5.56 Å². The lowest BCUT2D eigenvalue weighted by Crippen LogP contribution is -2.10. The van der Waals surface area contributed by atoms with E-state index in [2.05, 4.69) is 37.9 Å². The third-order valence-electron chi connectivity index (χ3n) is 4.61. The molecule has 1 aliphatic rings. The maximum atomic E-state index is 12.3. The Morgan fingerprint density at radius 2 is 1.52 bits per heavy atom. The van der Waals surface area contributed by atoms with Gasteiger partial charge in [0.15, 0.2) is 17.2 Å². The van der Waals surface area contributed by atoms with Crippen molar-refractivity contribution < 1.29 is 23.7 Å². The van der Waals surface area contributed by atoms with Crippen molar-refractivity contribution in [2.45, 2.75) is 26.2 Å². The summed E-state index contributed by atoms with van der Waals surface area (Å²) in [7, 11) is 4.57. The molecule has 0 saturated heterocycles. The van der Waals surface area contributed by atoms with Crippen LogP contribution >= 0.6 is 0 Å². The largest absolute Gasteiger partial charge is 0.493 e. The molecule has 0 saturated carbocycles. The second kappa shape index (κ2) is 7.99. The number of esters is 1. The number of benzene rings is 2. The normalized spacial score (nSPS) is 15.2. The zero-order chi connectivity index (χ0) is 21.2. The van der Waals surface area contributed by atoms with Gasteiger partial charge in [-0.1, -0.05) is 45.0 Å². The maximum absolute atomic E-state index is 12.3. The van der Waals surface area contributed by atoms with Crippen LogP contribution in [0.1, 0.15) is 37.5 Å². The average Bonchev–Trinajstić information content (AvgIpc) is 3.06. The van der Waals surface area contributed by atoms with Crippen LogP contribution in [0.2, 0.25) is 0 Å². The third kappa shape index (κ3) is 4.26. The fraction of sp³-hybridized carbons (Fsp3) is 0.304. The number of carbonyl (C=O) groups is 1. The average molecular weight is 395 g/mol. The van der Waals surface area contributed by atoms with E-state index in [9.17, 15) is 4.79 Å². The minimum absolute atomic E-state index is 0.0652. The number of hydrogen-bond donors (Lipinski definition) is 0. The SMILES string of the molecule is COc1cc(C2=NC(=Cc3ccc(C(C)(C)C)cc3)C(=O)O2)cc(OC)c1OC. The van der Waals surface area contributed by atoms with Crippen molar-refractivity contribution in [1.29, 1.82) is 0 Å². The standard InChI is InChI=1S/C23H25NO5/c1-23(2,3)16-9-7-14(8-10-16)11-17-22(25)29-21(24-17)15-12-18(26-4)20(28-6)19(13-15)27-5/h7-13H,1-6H3. The minimum atomic E-state index is -0.506. The first-order chi connectivity index (χ1) is 13.8. The van der Waals surface area contributed by atoms with Gasteiger partial charge in [-0.25, -0.2) is 9.79 Å². The Morgan fingerprint density at radius 1 is 0.931 bits per heavy atom. The first-order valence-electron chi connectivity index (χ1n) is 9.20. The number of nitrogens with zero attached hydrogens (tertiary/aromatic N) is 1. The van der Waals surface area contributed by atoms with Crippen LogP contribution in [0.15, 0.2) is 47.1 Å². The van der Waals surface area contributed by atoms with Gasteiger partial charge in [-0.15, -0.1) is 0 Å². The highest BCUT2D eigenvalue weighted by Crippen LogP contribution is 2.39. The van der Waals surface area contributed by atoms with Crippen LogP contribution in [0.5, 0.6) is 17.2 Å². The van der Waals surface area contributed by atoms with Crippen molar-refractivity contribution in [2.24, 2.45) is 4.99 Å². The van der Waals surface area contributed by atoms with Gasteiger partial charge in [0.2, 0.25) is 11.6 Å². The number of ether oxygens (including phenoxy) is 4. The van der Waals surface area contributed by atoms with Crippen LogP contribution in [0.25, 0.3) is 6.08 Å². The van der Waals surface area contributed by atoms with E-state index in [1.165, 1.54) is 26.9 Å². The van der Waals surface area contributed by atoms with Crippen molar-refractivity contribution in [2.75, 3.05) is 21.3 Å². The van der Waals surface area contributed by atoms with Gasteiger partial charge >= 0.3 is 5.97 Å². The Labute approximate surface area is 170 Å². The Balaban J connectivity index is 1.95.